The summed E-state index contributed by atoms with van der Waals surface area (Å²) >= 11 is 0.943. The number of hydrogen-bond acceptors (Lipinski definition) is 5. The van der Waals surface area contributed by atoms with Crippen molar-refractivity contribution in [2.75, 3.05) is 18.5 Å². The molecule has 1 aromatic heterocycles. The summed E-state index contributed by atoms with van der Waals surface area (Å²) in [4.78, 5) is 23.4. The van der Waals surface area contributed by atoms with Crippen molar-refractivity contribution in [3.8, 4) is 5.75 Å². The number of carboxylic acid groups (broad SMARTS) is 1. The number of ether oxygens (including phenoxy) is 2. The number of hydrogen-bond donors (Lipinski definition) is 2. The molecule has 7 heteroatoms. The maximum absolute atomic E-state index is 12.1. The maximum atomic E-state index is 12.1. The van der Waals surface area contributed by atoms with Crippen molar-refractivity contribution in [3.05, 3.63) is 46.2 Å². The summed E-state index contributed by atoms with van der Waals surface area (Å²) in [5.74, 6) is -0.644. The first-order valence-electron chi connectivity index (χ1n) is 7.11. The SMILES string of the molecule is O=C(O)c1ccc(C(=O)Nc2ccc(O[C@H]3CCOC3)cc2)s1. The molecular weight excluding hydrogens is 318 g/mol. The standard InChI is InChI=1S/C16H15NO5S/c18-15(13-5-6-14(23-13)16(19)20)17-10-1-3-11(4-2-10)22-12-7-8-21-9-12/h1-6,12H,7-9H2,(H,17,18)(H,19,20)/t12-/m0/s1. The van der Waals surface area contributed by atoms with Crippen molar-refractivity contribution < 1.29 is 24.2 Å². The largest absolute Gasteiger partial charge is 0.488 e. The molecule has 1 atom stereocenters. The van der Waals surface area contributed by atoms with E-state index in [-0.39, 0.29) is 16.9 Å². The van der Waals surface area contributed by atoms with Crippen molar-refractivity contribution in [1.82, 2.24) is 0 Å². The van der Waals surface area contributed by atoms with Gasteiger partial charge < -0.3 is 19.9 Å². The second kappa shape index (κ2) is 6.80. The Bertz CT molecular complexity index is 704. The monoisotopic (exact) mass is 333 g/mol. The number of carboxylic acids is 1. The summed E-state index contributed by atoms with van der Waals surface area (Å²) in [6.07, 6.45) is 0.957. The molecular formula is C16H15NO5S. The second-order valence-electron chi connectivity index (χ2n) is 5.05. The zero-order valence-electron chi connectivity index (χ0n) is 12.2. The zero-order chi connectivity index (χ0) is 16.2. The molecule has 1 aliphatic rings. The van der Waals surface area contributed by atoms with Crippen LogP contribution < -0.4 is 10.1 Å². The number of carbonyl (C=O) groups excluding carboxylic acids is 1. The van der Waals surface area contributed by atoms with Crippen LogP contribution in [0.3, 0.4) is 0 Å². The maximum Gasteiger partial charge on any atom is 0.345 e. The van der Waals surface area contributed by atoms with Gasteiger partial charge in [0.2, 0.25) is 0 Å². The van der Waals surface area contributed by atoms with E-state index in [0.29, 0.717) is 17.2 Å². The van der Waals surface area contributed by atoms with E-state index in [9.17, 15) is 9.59 Å². The lowest BCUT2D eigenvalue weighted by atomic mass is 10.2. The highest BCUT2D eigenvalue weighted by Gasteiger charge is 2.17. The fourth-order valence-electron chi connectivity index (χ4n) is 2.18. The van der Waals surface area contributed by atoms with E-state index >= 15 is 0 Å². The molecule has 2 N–H and O–H groups in total. The number of amides is 1. The smallest absolute Gasteiger partial charge is 0.345 e. The number of anilines is 1. The van der Waals surface area contributed by atoms with Gasteiger partial charge in [0, 0.05) is 12.1 Å². The van der Waals surface area contributed by atoms with Gasteiger partial charge in [-0.25, -0.2) is 4.79 Å². The van der Waals surface area contributed by atoms with Crippen molar-refractivity contribution in [2.24, 2.45) is 0 Å². The highest BCUT2D eigenvalue weighted by Crippen LogP contribution is 2.21. The number of aromatic carboxylic acids is 1. The lowest BCUT2D eigenvalue weighted by Gasteiger charge is -2.12. The molecule has 120 valence electrons. The van der Waals surface area contributed by atoms with Crippen LogP contribution in [-0.2, 0) is 4.74 Å². The summed E-state index contributed by atoms with van der Waals surface area (Å²) < 4.78 is 11.0. The molecule has 23 heavy (non-hydrogen) atoms. The predicted molar refractivity (Wildman–Crippen MR) is 85.5 cm³/mol. The first kappa shape index (κ1) is 15.5. The zero-order valence-corrected chi connectivity index (χ0v) is 13.0. The average Bonchev–Trinajstić information content (AvgIpc) is 3.20. The third-order valence-corrected chi connectivity index (χ3v) is 4.42. The summed E-state index contributed by atoms with van der Waals surface area (Å²) in [7, 11) is 0. The number of thiophene rings is 1. The first-order valence-corrected chi connectivity index (χ1v) is 7.92. The molecule has 0 aliphatic carbocycles. The molecule has 0 spiro atoms. The van der Waals surface area contributed by atoms with Crippen LogP contribution >= 0.6 is 11.3 Å². The Balaban J connectivity index is 1.60. The van der Waals surface area contributed by atoms with Gasteiger partial charge in [0.1, 0.15) is 16.7 Å². The highest BCUT2D eigenvalue weighted by molar-refractivity contribution is 7.15. The van der Waals surface area contributed by atoms with E-state index in [1.165, 1.54) is 12.1 Å². The van der Waals surface area contributed by atoms with Gasteiger partial charge in [-0.05, 0) is 36.4 Å². The van der Waals surface area contributed by atoms with Gasteiger partial charge in [-0.3, -0.25) is 4.79 Å². The molecule has 0 radical (unpaired) electrons. The molecule has 2 aromatic rings. The van der Waals surface area contributed by atoms with Crippen LogP contribution in [0.5, 0.6) is 5.75 Å². The number of benzene rings is 1. The molecule has 2 heterocycles. The van der Waals surface area contributed by atoms with E-state index < -0.39 is 5.97 Å². The normalized spacial score (nSPS) is 17.0. The third-order valence-electron chi connectivity index (χ3n) is 3.34. The van der Waals surface area contributed by atoms with Gasteiger partial charge in [-0.15, -0.1) is 11.3 Å². The lowest BCUT2D eigenvalue weighted by molar-refractivity contribution is 0.0702. The van der Waals surface area contributed by atoms with Crippen LogP contribution in [0.15, 0.2) is 36.4 Å². The fraction of sp³-hybridized carbons (Fsp3) is 0.250. The Labute approximate surface area is 136 Å². The van der Waals surface area contributed by atoms with E-state index in [0.717, 1.165) is 30.1 Å². The van der Waals surface area contributed by atoms with Gasteiger partial charge >= 0.3 is 5.97 Å². The van der Waals surface area contributed by atoms with E-state index in [2.05, 4.69) is 5.32 Å². The van der Waals surface area contributed by atoms with Crippen LogP contribution in [0, 0.1) is 0 Å². The quantitative estimate of drug-likeness (QED) is 0.879. The summed E-state index contributed by atoms with van der Waals surface area (Å²) in [5, 5.41) is 11.6. The highest BCUT2D eigenvalue weighted by atomic mass is 32.1. The van der Waals surface area contributed by atoms with Crippen molar-refractivity contribution in [3.63, 3.8) is 0 Å². The van der Waals surface area contributed by atoms with Gasteiger partial charge in [-0.2, -0.15) is 0 Å². The van der Waals surface area contributed by atoms with Crippen LogP contribution in [-0.4, -0.2) is 36.3 Å². The fourth-order valence-corrected chi connectivity index (χ4v) is 2.92. The number of carbonyl (C=O) groups is 2. The Hall–Kier alpha value is -2.38. The van der Waals surface area contributed by atoms with Gasteiger partial charge in [0.05, 0.1) is 18.1 Å². The summed E-state index contributed by atoms with van der Waals surface area (Å²) in [6.45, 7) is 1.32. The Morgan fingerprint density at radius 3 is 2.52 bits per heavy atom. The van der Waals surface area contributed by atoms with Crippen molar-refractivity contribution >= 4 is 28.9 Å². The topological polar surface area (TPSA) is 84.9 Å². The summed E-state index contributed by atoms with van der Waals surface area (Å²) in [6, 6.07) is 9.98. The Morgan fingerprint density at radius 2 is 1.91 bits per heavy atom. The number of nitrogens with one attached hydrogen (secondary N) is 1. The Kier molecular flexibility index (Phi) is 4.59. The predicted octanol–water partition coefficient (Wildman–Crippen LogP) is 2.87. The molecule has 1 aliphatic heterocycles. The van der Waals surface area contributed by atoms with Gasteiger partial charge in [-0.1, -0.05) is 0 Å². The van der Waals surface area contributed by atoms with Crippen molar-refractivity contribution in [1.29, 1.82) is 0 Å². The molecule has 1 aromatic carbocycles. The first-order chi connectivity index (χ1) is 11.1. The van der Waals surface area contributed by atoms with Crippen LogP contribution in [0.25, 0.3) is 0 Å². The van der Waals surface area contributed by atoms with E-state index in [1.807, 2.05) is 0 Å². The van der Waals surface area contributed by atoms with Crippen LogP contribution in [0.1, 0.15) is 25.8 Å². The third kappa shape index (κ3) is 3.88. The molecule has 0 saturated carbocycles. The minimum atomic E-state index is -1.04. The average molecular weight is 333 g/mol. The molecule has 1 amide bonds. The molecule has 1 saturated heterocycles. The molecule has 0 unspecified atom stereocenters. The van der Waals surface area contributed by atoms with Gasteiger partial charge in [0.15, 0.2) is 0 Å². The molecule has 3 rings (SSSR count). The van der Waals surface area contributed by atoms with Gasteiger partial charge in [0.25, 0.3) is 5.91 Å². The van der Waals surface area contributed by atoms with Crippen LogP contribution in [0.2, 0.25) is 0 Å². The van der Waals surface area contributed by atoms with Crippen molar-refractivity contribution in [2.45, 2.75) is 12.5 Å². The van der Waals surface area contributed by atoms with E-state index in [1.54, 1.807) is 24.3 Å². The minimum absolute atomic E-state index is 0.0796. The van der Waals surface area contributed by atoms with Crippen LogP contribution in [0.4, 0.5) is 5.69 Å². The molecule has 0 bridgehead atoms. The Morgan fingerprint density at radius 1 is 1.17 bits per heavy atom. The minimum Gasteiger partial charge on any atom is -0.488 e. The van der Waals surface area contributed by atoms with E-state index in [4.69, 9.17) is 14.6 Å². The molecule has 1 fully saturated rings. The second-order valence-corrected chi connectivity index (χ2v) is 6.13. The number of rotatable bonds is 5. The summed E-state index contributed by atoms with van der Waals surface area (Å²) in [5.41, 5.74) is 0.621. The molecule has 6 nitrogen and oxygen atoms in total. The lowest BCUT2D eigenvalue weighted by Crippen LogP contribution is -2.15.